The van der Waals surface area contributed by atoms with Crippen molar-refractivity contribution < 1.29 is 23.5 Å². The van der Waals surface area contributed by atoms with Gasteiger partial charge in [-0.1, -0.05) is 35.9 Å². The molecule has 3 aromatic rings. The van der Waals surface area contributed by atoms with E-state index < -0.39 is 17.6 Å². The van der Waals surface area contributed by atoms with E-state index >= 15 is 0 Å². The zero-order chi connectivity index (χ0) is 22.2. The smallest absolute Gasteiger partial charge is 0.262 e. The lowest BCUT2D eigenvalue weighted by atomic mass is 10.1. The molecule has 0 atom stereocenters. The van der Waals surface area contributed by atoms with Gasteiger partial charge in [-0.15, -0.1) is 0 Å². The van der Waals surface area contributed by atoms with Crippen LogP contribution in [0.15, 0.2) is 66.7 Å². The number of ether oxygens (including phenoxy) is 2. The molecule has 0 spiro atoms. The van der Waals surface area contributed by atoms with E-state index in [0.29, 0.717) is 16.3 Å². The van der Waals surface area contributed by atoms with Crippen LogP contribution in [0.1, 0.15) is 15.9 Å². The minimum absolute atomic E-state index is 0.0533. The third-order valence-corrected chi connectivity index (χ3v) is 4.56. The van der Waals surface area contributed by atoms with Crippen molar-refractivity contribution in [3.8, 4) is 11.5 Å². The molecule has 6 nitrogen and oxygen atoms in total. The zero-order valence-electron chi connectivity index (χ0n) is 16.7. The largest absolute Gasteiger partial charge is 0.496 e. The molecule has 2 amide bonds. The van der Waals surface area contributed by atoms with Crippen molar-refractivity contribution in [2.45, 2.75) is 6.54 Å². The van der Waals surface area contributed by atoms with Gasteiger partial charge in [-0.2, -0.15) is 0 Å². The van der Waals surface area contributed by atoms with Crippen LogP contribution >= 0.6 is 11.6 Å². The fraction of sp³-hybridized carbons (Fsp3) is 0.130. The second kappa shape index (κ2) is 10.4. The van der Waals surface area contributed by atoms with E-state index in [-0.39, 0.29) is 30.2 Å². The quantitative estimate of drug-likeness (QED) is 0.541. The van der Waals surface area contributed by atoms with E-state index in [1.165, 1.54) is 25.3 Å². The molecule has 3 rings (SSSR count). The van der Waals surface area contributed by atoms with Gasteiger partial charge in [-0.05, 0) is 42.5 Å². The lowest BCUT2D eigenvalue weighted by molar-refractivity contribution is -0.118. The first-order valence-corrected chi connectivity index (χ1v) is 9.72. The van der Waals surface area contributed by atoms with Crippen molar-refractivity contribution in [2.24, 2.45) is 0 Å². The number of amides is 2. The molecule has 0 bridgehead atoms. The van der Waals surface area contributed by atoms with Crippen LogP contribution in [0.5, 0.6) is 11.5 Å². The number of halogens is 2. The van der Waals surface area contributed by atoms with Gasteiger partial charge in [-0.3, -0.25) is 9.59 Å². The zero-order valence-corrected chi connectivity index (χ0v) is 17.4. The van der Waals surface area contributed by atoms with E-state index in [0.717, 1.165) is 0 Å². The minimum atomic E-state index is -0.552. The van der Waals surface area contributed by atoms with Crippen LogP contribution in [0.3, 0.4) is 0 Å². The summed E-state index contributed by atoms with van der Waals surface area (Å²) in [6, 6.07) is 17.4. The number of nitrogens with one attached hydrogen (secondary N) is 2. The first-order valence-electron chi connectivity index (χ1n) is 9.34. The maximum Gasteiger partial charge on any atom is 0.262 e. The summed E-state index contributed by atoms with van der Waals surface area (Å²) in [6.07, 6.45) is 0. The topological polar surface area (TPSA) is 76.7 Å². The number of carbonyl (C=O) groups excluding carboxylic acids is 2. The second-order valence-corrected chi connectivity index (χ2v) is 6.89. The molecular weight excluding hydrogens is 423 g/mol. The molecule has 2 N–H and O–H groups in total. The Hall–Kier alpha value is -3.58. The summed E-state index contributed by atoms with van der Waals surface area (Å²) in [7, 11) is 1.53. The average Bonchev–Trinajstić information content (AvgIpc) is 2.78. The van der Waals surface area contributed by atoms with Gasteiger partial charge in [0.25, 0.3) is 11.8 Å². The van der Waals surface area contributed by atoms with Crippen LogP contribution in [-0.4, -0.2) is 25.5 Å². The summed E-state index contributed by atoms with van der Waals surface area (Å²) in [4.78, 5) is 24.8. The van der Waals surface area contributed by atoms with Crippen molar-refractivity contribution >= 4 is 29.1 Å². The number of hydrogen-bond donors (Lipinski definition) is 2. The number of carbonyl (C=O) groups is 2. The van der Waals surface area contributed by atoms with Gasteiger partial charge in [0, 0.05) is 17.1 Å². The molecule has 0 aliphatic heterocycles. The monoisotopic (exact) mass is 442 g/mol. The highest BCUT2D eigenvalue weighted by Gasteiger charge is 2.15. The number of anilines is 1. The van der Waals surface area contributed by atoms with Crippen molar-refractivity contribution in [3.05, 3.63) is 88.7 Å². The third kappa shape index (κ3) is 5.96. The van der Waals surface area contributed by atoms with E-state index in [9.17, 15) is 14.0 Å². The molecular formula is C23H20ClFN2O4. The Labute approximate surface area is 183 Å². The molecule has 0 saturated carbocycles. The Balaban J connectivity index is 1.63. The molecule has 31 heavy (non-hydrogen) atoms. The predicted octanol–water partition coefficient (Wildman–Crippen LogP) is 4.44. The molecule has 0 saturated heterocycles. The molecule has 0 aliphatic carbocycles. The molecule has 0 radical (unpaired) electrons. The Morgan fingerprint density at radius 1 is 1.00 bits per heavy atom. The van der Waals surface area contributed by atoms with Gasteiger partial charge < -0.3 is 20.1 Å². The van der Waals surface area contributed by atoms with Gasteiger partial charge in [0.05, 0.1) is 18.4 Å². The molecule has 0 heterocycles. The summed E-state index contributed by atoms with van der Waals surface area (Å²) < 4.78 is 24.4. The fourth-order valence-electron chi connectivity index (χ4n) is 2.83. The van der Waals surface area contributed by atoms with Crippen LogP contribution in [0.25, 0.3) is 0 Å². The van der Waals surface area contributed by atoms with Crippen LogP contribution in [0.2, 0.25) is 5.02 Å². The molecule has 0 aliphatic rings. The van der Waals surface area contributed by atoms with Crippen molar-refractivity contribution in [1.29, 1.82) is 0 Å². The van der Waals surface area contributed by atoms with E-state index in [1.54, 1.807) is 48.5 Å². The van der Waals surface area contributed by atoms with Crippen LogP contribution < -0.4 is 20.1 Å². The highest BCUT2D eigenvalue weighted by atomic mass is 35.5. The standard InChI is InChI=1S/C23H20ClFN2O4/c1-30-20-11-10-16(24)12-15(20)13-26-23(29)17-6-2-5-9-21(17)31-14-22(28)27-19-8-4-3-7-18(19)25/h2-12H,13-14H2,1H3,(H,26,29)(H,27,28). The van der Waals surface area contributed by atoms with E-state index in [1.807, 2.05) is 0 Å². The molecule has 0 unspecified atom stereocenters. The van der Waals surface area contributed by atoms with Crippen LogP contribution in [0, 0.1) is 5.82 Å². The SMILES string of the molecule is COc1ccc(Cl)cc1CNC(=O)c1ccccc1OCC(=O)Nc1ccccc1F. The highest BCUT2D eigenvalue weighted by Crippen LogP contribution is 2.23. The lowest BCUT2D eigenvalue weighted by Crippen LogP contribution is -2.25. The number of para-hydroxylation sites is 2. The van der Waals surface area contributed by atoms with Gasteiger partial charge in [0.1, 0.15) is 17.3 Å². The summed E-state index contributed by atoms with van der Waals surface area (Å²) in [5.74, 6) is -0.677. The predicted molar refractivity (Wildman–Crippen MR) is 116 cm³/mol. The lowest BCUT2D eigenvalue weighted by Gasteiger charge is -2.13. The molecule has 8 heteroatoms. The summed E-state index contributed by atoms with van der Waals surface area (Å²) in [6.45, 7) is -0.203. The van der Waals surface area contributed by atoms with E-state index in [2.05, 4.69) is 10.6 Å². The Morgan fingerprint density at radius 2 is 1.74 bits per heavy atom. The Morgan fingerprint density at radius 3 is 2.52 bits per heavy atom. The average molecular weight is 443 g/mol. The first-order chi connectivity index (χ1) is 15.0. The van der Waals surface area contributed by atoms with Gasteiger partial charge in [-0.25, -0.2) is 4.39 Å². The van der Waals surface area contributed by atoms with Crippen molar-refractivity contribution in [2.75, 3.05) is 19.0 Å². The van der Waals surface area contributed by atoms with Gasteiger partial charge in [0.15, 0.2) is 6.61 Å². The van der Waals surface area contributed by atoms with Gasteiger partial charge in [0.2, 0.25) is 0 Å². The van der Waals surface area contributed by atoms with Crippen molar-refractivity contribution in [3.63, 3.8) is 0 Å². The second-order valence-electron chi connectivity index (χ2n) is 6.45. The Kier molecular flexibility index (Phi) is 7.45. The third-order valence-electron chi connectivity index (χ3n) is 4.32. The number of methoxy groups -OCH3 is 1. The Bertz CT molecular complexity index is 1090. The molecule has 3 aromatic carbocycles. The summed E-state index contributed by atoms with van der Waals surface area (Å²) >= 11 is 6.02. The first kappa shape index (κ1) is 22.1. The van der Waals surface area contributed by atoms with Crippen LogP contribution in [-0.2, 0) is 11.3 Å². The fourth-order valence-corrected chi connectivity index (χ4v) is 3.02. The molecule has 0 fully saturated rings. The highest BCUT2D eigenvalue weighted by molar-refractivity contribution is 6.30. The van der Waals surface area contributed by atoms with Crippen molar-refractivity contribution in [1.82, 2.24) is 5.32 Å². The minimum Gasteiger partial charge on any atom is -0.496 e. The van der Waals surface area contributed by atoms with Crippen LogP contribution in [0.4, 0.5) is 10.1 Å². The maximum atomic E-state index is 13.7. The number of hydrogen-bond acceptors (Lipinski definition) is 4. The molecule has 160 valence electrons. The summed E-state index contributed by atoms with van der Waals surface area (Å²) in [5.41, 5.74) is 1.02. The molecule has 0 aromatic heterocycles. The normalized spacial score (nSPS) is 10.3. The van der Waals surface area contributed by atoms with Gasteiger partial charge >= 0.3 is 0 Å². The summed E-state index contributed by atoms with van der Waals surface area (Å²) in [5, 5.41) is 5.74. The van der Waals surface area contributed by atoms with E-state index in [4.69, 9.17) is 21.1 Å². The maximum absolute atomic E-state index is 13.7. The number of benzene rings is 3. The number of rotatable bonds is 8.